The molecule has 0 unspecified atom stereocenters. The van der Waals surface area contributed by atoms with Crippen molar-refractivity contribution in [3.63, 3.8) is 0 Å². The minimum atomic E-state index is -0.244. The molecule has 0 aliphatic carbocycles. The molecule has 0 aromatic heterocycles. The number of phenolic OH excluding ortho intramolecular Hbond substituents is 1. The fourth-order valence-electron chi connectivity index (χ4n) is 1.41. The monoisotopic (exact) mass is 193 g/mol. The highest BCUT2D eigenvalue weighted by Crippen LogP contribution is 2.26. The summed E-state index contributed by atoms with van der Waals surface area (Å²) in [4.78, 5) is 11.5. The normalized spacial score (nSPS) is 10.3. The highest BCUT2D eigenvalue weighted by atomic mass is 16.3. The van der Waals surface area contributed by atoms with Crippen LogP contribution in [0.5, 0.6) is 5.75 Å². The standard InChI is InChI=1S/C11H15NO2/c1-7(2)8-5-4-6-9(13)10(8)11(14)12-3/h4-7,13H,1-3H3,(H,12,14). The molecule has 1 aromatic rings. The molecular weight excluding hydrogens is 178 g/mol. The number of rotatable bonds is 2. The van der Waals surface area contributed by atoms with Gasteiger partial charge in [-0.3, -0.25) is 4.79 Å². The Balaban J connectivity index is 3.29. The van der Waals surface area contributed by atoms with Gasteiger partial charge in [0, 0.05) is 7.05 Å². The molecule has 0 saturated heterocycles. The van der Waals surface area contributed by atoms with Crippen LogP contribution in [0.15, 0.2) is 18.2 Å². The third kappa shape index (κ3) is 1.87. The fraction of sp³-hybridized carbons (Fsp3) is 0.364. The maximum Gasteiger partial charge on any atom is 0.255 e. The number of hydrogen-bond acceptors (Lipinski definition) is 2. The second-order valence-corrected chi connectivity index (χ2v) is 3.48. The van der Waals surface area contributed by atoms with Gasteiger partial charge in [0.1, 0.15) is 5.75 Å². The van der Waals surface area contributed by atoms with Gasteiger partial charge in [0.25, 0.3) is 5.91 Å². The zero-order chi connectivity index (χ0) is 10.7. The number of carbonyl (C=O) groups excluding carboxylic acids is 1. The van der Waals surface area contributed by atoms with E-state index in [1.165, 1.54) is 6.07 Å². The first-order valence-corrected chi connectivity index (χ1v) is 4.62. The number of hydrogen-bond donors (Lipinski definition) is 2. The second kappa shape index (κ2) is 4.13. The van der Waals surface area contributed by atoms with E-state index in [4.69, 9.17) is 0 Å². The van der Waals surface area contributed by atoms with Crippen LogP contribution < -0.4 is 5.32 Å². The number of amides is 1. The van der Waals surface area contributed by atoms with E-state index in [2.05, 4.69) is 5.32 Å². The van der Waals surface area contributed by atoms with Crippen LogP contribution in [0.2, 0.25) is 0 Å². The summed E-state index contributed by atoms with van der Waals surface area (Å²) in [6, 6.07) is 5.13. The van der Waals surface area contributed by atoms with Crippen molar-refractivity contribution in [2.45, 2.75) is 19.8 Å². The summed E-state index contributed by atoms with van der Waals surface area (Å²) >= 11 is 0. The molecule has 1 amide bonds. The summed E-state index contributed by atoms with van der Waals surface area (Å²) in [5.74, 6) is 0.0109. The minimum absolute atomic E-state index is 0.0375. The van der Waals surface area contributed by atoms with Crippen LogP contribution in [0.4, 0.5) is 0 Å². The largest absolute Gasteiger partial charge is 0.507 e. The van der Waals surface area contributed by atoms with E-state index in [1.54, 1.807) is 13.1 Å². The van der Waals surface area contributed by atoms with Crippen LogP contribution in [-0.4, -0.2) is 18.1 Å². The van der Waals surface area contributed by atoms with E-state index < -0.39 is 0 Å². The summed E-state index contributed by atoms with van der Waals surface area (Å²) in [7, 11) is 1.55. The first-order valence-electron chi connectivity index (χ1n) is 4.62. The van der Waals surface area contributed by atoms with Crippen LogP contribution in [0, 0.1) is 0 Å². The summed E-state index contributed by atoms with van der Waals surface area (Å²) in [5.41, 5.74) is 1.24. The average molecular weight is 193 g/mol. The molecule has 0 fully saturated rings. The highest BCUT2D eigenvalue weighted by Gasteiger charge is 2.16. The molecular formula is C11H15NO2. The Hall–Kier alpha value is -1.51. The fourth-order valence-corrected chi connectivity index (χ4v) is 1.41. The van der Waals surface area contributed by atoms with E-state index in [9.17, 15) is 9.90 Å². The quantitative estimate of drug-likeness (QED) is 0.753. The van der Waals surface area contributed by atoms with Crippen LogP contribution in [0.3, 0.4) is 0 Å². The average Bonchev–Trinajstić information content (AvgIpc) is 2.16. The maximum atomic E-state index is 11.5. The molecule has 0 bridgehead atoms. The molecule has 0 aliphatic rings. The van der Waals surface area contributed by atoms with Gasteiger partial charge in [-0.25, -0.2) is 0 Å². The van der Waals surface area contributed by atoms with Gasteiger partial charge in [0.2, 0.25) is 0 Å². The molecule has 2 N–H and O–H groups in total. The van der Waals surface area contributed by atoms with Crippen molar-refractivity contribution >= 4 is 5.91 Å². The maximum absolute atomic E-state index is 11.5. The molecule has 3 heteroatoms. The van der Waals surface area contributed by atoms with Crippen molar-refractivity contribution in [3.05, 3.63) is 29.3 Å². The number of aromatic hydroxyl groups is 1. The Morgan fingerprint density at radius 2 is 2.07 bits per heavy atom. The van der Waals surface area contributed by atoms with Crippen molar-refractivity contribution in [3.8, 4) is 5.75 Å². The zero-order valence-electron chi connectivity index (χ0n) is 8.66. The summed E-state index contributed by atoms with van der Waals surface area (Å²) in [6.07, 6.45) is 0. The van der Waals surface area contributed by atoms with Crippen LogP contribution >= 0.6 is 0 Å². The molecule has 0 aliphatic heterocycles. The lowest BCUT2D eigenvalue weighted by Gasteiger charge is -2.12. The topological polar surface area (TPSA) is 49.3 Å². The minimum Gasteiger partial charge on any atom is -0.507 e. The number of benzene rings is 1. The first kappa shape index (κ1) is 10.6. The van der Waals surface area contributed by atoms with Gasteiger partial charge in [-0.05, 0) is 17.5 Å². The van der Waals surface area contributed by atoms with Crippen molar-refractivity contribution < 1.29 is 9.90 Å². The molecule has 0 radical (unpaired) electrons. The second-order valence-electron chi connectivity index (χ2n) is 3.48. The van der Waals surface area contributed by atoms with Crippen LogP contribution in [-0.2, 0) is 0 Å². The molecule has 1 aromatic carbocycles. The van der Waals surface area contributed by atoms with E-state index in [0.717, 1.165) is 5.56 Å². The smallest absolute Gasteiger partial charge is 0.255 e. The van der Waals surface area contributed by atoms with Gasteiger partial charge in [-0.1, -0.05) is 26.0 Å². The zero-order valence-corrected chi connectivity index (χ0v) is 8.66. The molecule has 0 saturated carbocycles. The Morgan fingerprint density at radius 1 is 1.43 bits per heavy atom. The van der Waals surface area contributed by atoms with Crippen LogP contribution in [0.25, 0.3) is 0 Å². The lowest BCUT2D eigenvalue weighted by Crippen LogP contribution is -2.20. The van der Waals surface area contributed by atoms with Gasteiger partial charge in [-0.15, -0.1) is 0 Å². The van der Waals surface area contributed by atoms with Crippen LogP contribution in [0.1, 0.15) is 35.7 Å². The Bertz CT molecular complexity index is 345. The van der Waals surface area contributed by atoms with E-state index in [-0.39, 0.29) is 17.6 Å². The lowest BCUT2D eigenvalue weighted by molar-refractivity contribution is 0.0959. The first-order chi connectivity index (χ1) is 6.57. The van der Waals surface area contributed by atoms with Crippen molar-refractivity contribution in [1.82, 2.24) is 5.32 Å². The predicted octanol–water partition coefficient (Wildman–Crippen LogP) is 1.88. The molecule has 76 valence electrons. The van der Waals surface area contributed by atoms with E-state index in [1.807, 2.05) is 19.9 Å². The molecule has 0 heterocycles. The van der Waals surface area contributed by atoms with Gasteiger partial charge >= 0.3 is 0 Å². The number of carbonyl (C=O) groups is 1. The summed E-state index contributed by atoms with van der Waals surface area (Å²) in [6.45, 7) is 3.97. The number of phenols is 1. The molecule has 0 spiro atoms. The summed E-state index contributed by atoms with van der Waals surface area (Å²) in [5, 5.41) is 12.1. The van der Waals surface area contributed by atoms with Crippen molar-refractivity contribution in [2.24, 2.45) is 0 Å². The number of nitrogens with one attached hydrogen (secondary N) is 1. The molecule has 0 atom stereocenters. The van der Waals surface area contributed by atoms with E-state index in [0.29, 0.717) is 5.56 Å². The molecule has 14 heavy (non-hydrogen) atoms. The highest BCUT2D eigenvalue weighted by molar-refractivity contribution is 5.98. The SMILES string of the molecule is CNC(=O)c1c(O)cccc1C(C)C. The third-order valence-corrected chi connectivity index (χ3v) is 2.15. The van der Waals surface area contributed by atoms with Crippen molar-refractivity contribution in [2.75, 3.05) is 7.05 Å². The van der Waals surface area contributed by atoms with Gasteiger partial charge in [0.15, 0.2) is 0 Å². The third-order valence-electron chi connectivity index (χ3n) is 2.15. The van der Waals surface area contributed by atoms with Gasteiger partial charge in [-0.2, -0.15) is 0 Å². The predicted molar refractivity (Wildman–Crippen MR) is 55.6 cm³/mol. The van der Waals surface area contributed by atoms with Gasteiger partial charge in [0.05, 0.1) is 5.56 Å². The van der Waals surface area contributed by atoms with Crippen molar-refractivity contribution in [1.29, 1.82) is 0 Å². The Labute approximate surface area is 83.8 Å². The van der Waals surface area contributed by atoms with Gasteiger partial charge < -0.3 is 10.4 Å². The lowest BCUT2D eigenvalue weighted by atomic mass is 9.96. The Kier molecular flexibility index (Phi) is 3.12. The molecule has 1 rings (SSSR count). The van der Waals surface area contributed by atoms with E-state index >= 15 is 0 Å². The Morgan fingerprint density at radius 3 is 2.57 bits per heavy atom. The molecule has 3 nitrogen and oxygen atoms in total. The summed E-state index contributed by atoms with van der Waals surface area (Å²) < 4.78 is 0.